The molecule has 0 spiro atoms. The summed E-state index contributed by atoms with van der Waals surface area (Å²) in [6, 6.07) is 13.1. The normalized spacial score (nSPS) is 11.6. The Morgan fingerprint density at radius 3 is 2.47 bits per heavy atom. The van der Waals surface area contributed by atoms with Crippen LogP contribution >= 0.6 is 0 Å². The average Bonchev–Trinajstić information content (AvgIpc) is 2.73. The number of rotatable bonds is 8. The average molecular weight is 426 g/mol. The Morgan fingerprint density at radius 2 is 1.80 bits per heavy atom. The van der Waals surface area contributed by atoms with Crippen LogP contribution in [-0.4, -0.2) is 42.5 Å². The highest BCUT2D eigenvalue weighted by Gasteiger charge is 2.27. The van der Waals surface area contributed by atoms with E-state index in [9.17, 15) is 18.0 Å². The van der Waals surface area contributed by atoms with Crippen molar-refractivity contribution in [3.8, 4) is 0 Å². The summed E-state index contributed by atoms with van der Waals surface area (Å²) in [6.45, 7) is 3.21. The lowest BCUT2D eigenvalue weighted by molar-refractivity contribution is -0.116. The van der Waals surface area contributed by atoms with Crippen LogP contribution in [0.25, 0.3) is 10.8 Å². The van der Waals surface area contributed by atoms with E-state index in [1.807, 2.05) is 6.92 Å². The molecule has 30 heavy (non-hydrogen) atoms. The van der Waals surface area contributed by atoms with Crippen molar-refractivity contribution in [2.45, 2.75) is 25.2 Å². The Bertz CT molecular complexity index is 1170. The van der Waals surface area contributed by atoms with Crippen LogP contribution in [0.2, 0.25) is 0 Å². The van der Waals surface area contributed by atoms with Crippen LogP contribution in [0.15, 0.2) is 65.8 Å². The number of amides is 1. The van der Waals surface area contributed by atoms with E-state index in [1.165, 1.54) is 11.2 Å². The molecule has 0 atom stereocenters. The maximum atomic E-state index is 13.3. The van der Waals surface area contributed by atoms with Crippen LogP contribution in [0.4, 0.5) is 5.69 Å². The van der Waals surface area contributed by atoms with Crippen molar-refractivity contribution in [1.29, 1.82) is 0 Å². The summed E-state index contributed by atoms with van der Waals surface area (Å²) in [5, 5.41) is 3.97. The fourth-order valence-electron chi connectivity index (χ4n) is 3.14. The number of Topliss-reactive ketones (excluding diaryl/α,β-unsaturated/α-hetero) is 1. The lowest BCUT2D eigenvalue weighted by Gasteiger charge is -2.22. The first-order valence-corrected chi connectivity index (χ1v) is 11.0. The number of pyridine rings is 1. The molecule has 1 N–H and O–H groups in total. The van der Waals surface area contributed by atoms with Crippen LogP contribution in [0.5, 0.6) is 0 Å². The number of nitrogens with one attached hydrogen (secondary N) is 1. The van der Waals surface area contributed by atoms with Gasteiger partial charge in [0.05, 0.1) is 11.4 Å². The second-order valence-electron chi connectivity index (χ2n) is 6.87. The van der Waals surface area contributed by atoms with Gasteiger partial charge in [-0.05, 0) is 49.7 Å². The minimum Gasteiger partial charge on any atom is -0.325 e. The highest BCUT2D eigenvalue weighted by Crippen LogP contribution is 2.25. The summed E-state index contributed by atoms with van der Waals surface area (Å²) < 4.78 is 27.8. The van der Waals surface area contributed by atoms with Gasteiger partial charge in [0, 0.05) is 41.0 Å². The molecule has 2 aromatic carbocycles. The fourth-order valence-corrected chi connectivity index (χ4v) is 4.84. The molecule has 156 valence electrons. The molecule has 3 rings (SSSR count). The molecule has 0 bridgehead atoms. The van der Waals surface area contributed by atoms with Gasteiger partial charge in [-0.3, -0.25) is 14.6 Å². The standard InChI is InChI=1S/C22H23N3O4S/c1-3-13-25(15-22(27)24-19-9-7-17(8-10-19)16(2)26)30(28,29)21-6-4-5-18-14-23-12-11-20(18)21/h4-12,14H,3,13,15H2,1-2H3,(H,24,27). The Hall–Kier alpha value is -3.10. The first-order valence-electron chi connectivity index (χ1n) is 9.56. The van der Waals surface area contributed by atoms with E-state index < -0.39 is 15.9 Å². The van der Waals surface area contributed by atoms with Crippen molar-refractivity contribution in [1.82, 2.24) is 9.29 Å². The highest BCUT2D eigenvalue weighted by atomic mass is 32.2. The zero-order valence-corrected chi connectivity index (χ0v) is 17.6. The van der Waals surface area contributed by atoms with E-state index in [1.54, 1.807) is 60.9 Å². The Balaban J connectivity index is 1.83. The molecule has 0 fully saturated rings. The molecule has 0 radical (unpaired) electrons. The highest BCUT2D eigenvalue weighted by molar-refractivity contribution is 7.89. The lowest BCUT2D eigenvalue weighted by atomic mass is 10.1. The number of fused-ring (bicyclic) bond motifs is 1. The van der Waals surface area contributed by atoms with Crippen molar-refractivity contribution < 1.29 is 18.0 Å². The van der Waals surface area contributed by atoms with Crippen molar-refractivity contribution in [3.63, 3.8) is 0 Å². The molecular formula is C22H23N3O4S. The van der Waals surface area contributed by atoms with Gasteiger partial charge in [0.1, 0.15) is 0 Å². The van der Waals surface area contributed by atoms with Gasteiger partial charge in [-0.15, -0.1) is 0 Å². The molecule has 0 aliphatic heterocycles. The van der Waals surface area contributed by atoms with Gasteiger partial charge in [0.2, 0.25) is 15.9 Å². The zero-order chi connectivity index (χ0) is 21.7. The van der Waals surface area contributed by atoms with Crippen molar-refractivity contribution in [3.05, 3.63) is 66.5 Å². The summed E-state index contributed by atoms with van der Waals surface area (Å²) in [7, 11) is -3.90. The summed E-state index contributed by atoms with van der Waals surface area (Å²) >= 11 is 0. The predicted molar refractivity (Wildman–Crippen MR) is 116 cm³/mol. The van der Waals surface area contributed by atoms with Crippen LogP contribution in [0.1, 0.15) is 30.6 Å². The molecular weight excluding hydrogens is 402 g/mol. The first-order chi connectivity index (χ1) is 14.3. The third-order valence-electron chi connectivity index (χ3n) is 4.63. The minimum atomic E-state index is -3.90. The van der Waals surface area contributed by atoms with Gasteiger partial charge in [0.25, 0.3) is 0 Å². The molecule has 0 saturated heterocycles. The quantitative estimate of drug-likeness (QED) is 0.558. The fraction of sp³-hybridized carbons (Fsp3) is 0.227. The maximum Gasteiger partial charge on any atom is 0.244 e. The van der Waals surface area contributed by atoms with E-state index in [-0.39, 0.29) is 23.8 Å². The molecule has 0 aliphatic carbocycles. The maximum absolute atomic E-state index is 13.3. The molecule has 0 saturated carbocycles. The second kappa shape index (κ2) is 9.15. The zero-order valence-electron chi connectivity index (χ0n) is 16.8. The third kappa shape index (κ3) is 4.72. The summed E-state index contributed by atoms with van der Waals surface area (Å²) in [4.78, 5) is 28.1. The van der Waals surface area contributed by atoms with Gasteiger partial charge >= 0.3 is 0 Å². The Morgan fingerprint density at radius 1 is 1.07 bits per heavy atom. The SMILES string of the molecule is CCCN(CC(=O)Nc1ccc(C(C)=O)cc1)S(=O)(=O)c1cccc2cnccc12. The smallest absolute Gasteiger partial charge is 0.244 e. The van der Waals surface area contributed by atoms with Crippen LogP contribution in [0, 0.1) is 0 Å². The monoisotopic (exact) mass is 425 g/mol. The molecule has 1 amide bonds. The number of carbonyl (C=O) groups excluding carboxylic acids is 2. The summed E-state index contributed by atoms with van der Waals surface area (Å²) in [5.41, 5.74) is 1.03. The number of sulfonamides is 1. The Labute approximate surface area is 175 Å². The van der Waals surface area contributed by atoms with Crippen molar-refractivity contribution in [2.24, 2.45) is 0 Å². The van der Waals surface area contributed by atoms with E-state index in [0.717, 1.165) is 0 Å². The van der Waals surface area contributed by atoms with Crippen LogP contribution < -0.4 is 5.32 Å². The van der Waals surface area contributed by atoms with Gasteiger partial charge in [-0.25, -0.2) is 8.42 Å². The van der Waals surface area contributed by atoms with E-state index >= 15 is 0 Å². The topological polar surface area (TPSA) is 96.4 Å². The number of anilines is 1. The van der Waals surface area contributed by atoms with Gasteiger partial charge in [0.15, 0.2) is 5.78 Å². The number of carbonyl (C=O) groups is 2. The number of hydrogen-bond donors (Lipinski definition) is 1. The lowest BCUT2D eigenvalue weighted by Crippen LogP contribution is -2.38. The molecule has 1 aromatic heterocycles. The molecule has 8 heteroatoms. The minimum absolute atomic E-state index is 0.0709. The van der Waals surface area contributed by atoms with E-state index in [0.29, 0.717) is 28.4 Å². The molecule has 3 aromatic rings. The summed E-state index contributed by atoms with van der Waals surface area (Å²) in [6.07, 6.45) is 3.71. The Kier molecular flexibility index (Phi) is 6.59. The van der Waals surface area contributed by atoms with Gasteiger partial charge in [-0.1, -0.05) is 19.1 Å². The molecule has 0 aliphatic rings. The van der Waals surface area contributed by atoms with Crippen molar-refractivity contribution >= 4 is 38.2 Å². The van der Waals surface area contributed by atoms with E-state index in [2.05, 4.69) is 10.3 Å². The van der Waals surface area contributed by atoms with Gasteiger partial charge in [-0.2, -0.15) is 4.31 Å². The summed E-state index contributed by atoms with van der Waals surface area (Å²) in [5.74, 6) is -0.525. The largest absolute Gasteiger partial charge is 0.325 e. The number of benzene rings is 2. The van der Waals surface area contributed by atoms with Gasteiger partial charge < -0.3 is 5.32 Å². The van der Waals surface area contributed by atoms with E-state index in [4.69, 9.17) is 0 Å². The number of nitrogens with zero attached hydrogens (tertiary/aromatic N) is 2. The molecule has 7 nitrogen and oxygen atoms in total. The first kappa shape index (κ1) is 21.6. The second-order valence-corrected chi connectivity index (χ2v) is 8.78. The third-order valence-corrected chi connectivity index (χ3v) is 6.53. The molecule has 1 heterocycles. The van der Waals surface area contributed by atoms with Crippen molar-refractivity contribution in [2.75, 3.05) is 18.4 Å². The molecule has 0 unspecified atom stereocenters. The van der Waals surface area contributed by atoms with Crippen LogP contribution in [-0.2, 0) is 14.8 Å². The predicted octanol–water partition coefficient (Wildman–Crippen LogP) is 3.48. The van der Waals surface area contributed by atoms with Crippen LogP contribution in [0.3, 0.4) is 0 Å². The number of ketones is 1. The number of hydrogen-bond acceptors (Lipinski definition) is 5. The number of aromatic nitrogens is 1.